The zero-order chi connectivity index (χ0) is 22.2. The number of hydrogen-bond donors (Lipinski definition) is 1. The first-order chi connectivity index (χ1) is 14.7. The van der Waals surface area contributed by atoms with Gasteiger partial charge in [0.1, 0.15) is 19.0 Å². The molecule has 1 aliphatic rings. The van der Waals surface area contributed by atoms with Gasteiger partial charge in [0.2, 0.25) is 5.91 Å². The van der Waals surface area contributed by atoms with Gasteiger partial charge in [-0.25, -0.2) is 9.07 Å². The summed E-state index contributed by atoms with van der Waals surface area (Å²) in [6, 6.07) is 11.9. The predicted octanol–water partition coefficient (Wildman–Crippen LogP) is 3.99. The average molecular weight is 423 g/mol. The van der Waals surface area contributed by atoms with Crippen molar-refractivity contribution >= 4 is 5.91 Å². The normalized spacial score (nSPS) is 13.2. The van der Waals surface area contributed by atoms with Crippen molar-refractivity contribution < 1.29 is 18.7 Å². The minimum Gasteiger partial charge on any atom is -0.486 e. The van der Waals surface area contributed by atoms with Crippen LogP contribution in [-0.4, -0.2) is 28.9 Å². The molecule has 0 atom stereocenters. The van der Waals surface area contributed by atoms with Gasteiger partial charge in [0.25, 0.3) is 0 Å². The van der Waals surface area contributed by atoms with Crippen LogP contribution >= 0.6 is 0 Å². The fourth-order valence-electron chi connectivity index (χ4n) is 3.82. The zero-order valence-corrected chi connectivity index (χ0v) is 18.2. The monoisotopic (exact) mass is 423 g/mol. The van der Waals surface area contributed by atoms with Crippen LogP contribution in [0.5, 0.6) is 11.5 Å². The molecule has 0 spiro atoms. The molecule has 6 nitrogen and oxygen atoms in total. The number of fused-ring (bicyclic) bond motifs is 1. The number of carbonyl (C=O) groups excluding carboxylic acids is 1. The topological polar surface area (TPSA) is 65.4 Å². The van der Waals surface area contributed by atoms with E-state index in [2.05, 4.69) is 10.4 Å². The molecule has 0 saturated heterocycles. The number of nitrogens with zero attached hydrogens (tertiary/aromatic N) is 2. The maximum Gasteiger partial charge on any atom is 0.225 e. The molecule has 0 aliphatic carbocycles. The van der Waals surface area contributed by atoms with E-state index in [-0.39, 0.29) is 18.1 Å². The summed E-state index contributed by atoms with van der Waals surface area (Å²) in [6.45, 7) is 8.76. The van der Waals surface area contributed by atoms with E-state index in [4.69, 9.17) is 9.47 Å². The van der Waals surface area contributed by atoms with Crippen LogP contribution in [0.25, 0.3) is 5.69 Å². The van der Waals surface area contributed by atoms with E-state index in [1.165, 1.54) is 12.1 Å². The van der Waals surface area contributed by atoms with Gasteiger partial charge >= 0.3 is 0 Å². The second kappa shape index (κ2) is 8.06. The fraction of sp³-hybridized carbons (Fsp3) is 0.333. The quantitative estimate of drug-likeness (QED) is 0.674. The molecule has 31 heavy (non-hydrogen) atoms. The Morgan fingerprint density at radius 3 is 2.48 bits per heavy atom. The highest BCUT2D eigenvalue weighted by Gasteiger charge is 2.26. The van der Waals surface area contributed by atoms with Crippen LogP contribution in [0.4, 0.5) is 4.39 Å². The number of benzene rings is 2. The van der Waals surface area contributed by atoms with Gasteiger partial charge in [0.05, 0.1) is 23.3 Å². The number of ether oxygens (including phenoxy) is 2. The van der Waals surface area contributed by atoms with Crippen molar-refractivity contribution in [3.63, 3.8) is 0 Å². The van der Waals surface area contributed by atoms with Gasteiger partial charge in [-0.2, -0.15) is 5.10 Å². The van der Waals surface area contributed by atoms with Crippen LogP contribution in [0, 0.1) is 19.7 Å². The summed E-state index contributed by atoms with van der Waals surface area (Å²) in [6.07, 6.45) is 0.201. The largest absolute Gasteiger partial charge is 0.486 e. The van der Waals surface area contributed by atoms with E-state index in [0.29, 0.717) is 19.0 Å². The molecule has 0 fully saturated rings. The van der Waals surface area contributed by atoms with E-state index >= 15 is 0 Å². The number of nitrogens with one attached hydrogen (secondary N) is 1. The van der Waals surface area contributed by atoms with Crippen LogP contribution in [0.1, 0.15) is 36.4 Å². The molecule has 1 amide bonds. The number of carbonyl (C=O) groups is 1. The lowest BCUT2D eigenvalue weighted by molar-refractivity contribution is -0.122. The molecule has 162 valence electrons. The predicted molar refractivity (Wildman–Crippen MR) is 115 cm³/mol. The molecule has 1 aliphatic heterocycles. The number of hydrogen-bond acceptors (Lipinski definition) is 4. The molecule has 0 unspecified atom stereocenters. The average Bonchev–Trinajstić information content (AvgIpc) is 3.02. The Labute approximate surface area is 181 Å². The number of aryl methyl sites for hydroxylation is 1. The zero-order valence-electron chi connectivity index (χ0n) is 18.2. The highest BCUT2D eigenvalue weighted by atomic mass is 19.1. The third-order valence-electron chi connectivity index (χ3n) is 5.57. The summed E-state index contributed by atoms with van der Waals surface area (Å²) >= 11 is 0. The van der Waals surface area contributed by atoms with Gasteiger partial charge in [0.15, 0.2) is 11.5 Å². The van der Waals surface area contributed by atoms with Crippen LogP contribution < -0.4 is 14.8 Å². The maximum atomic E-state index is 13.3. The van der Waals surface area contributed by atoms with Crippen LogP contribution in [0.15, 0.2) is 42.5 Å². The van der Waals surface area contributed by atoms with Crippen LogP contribution in [0.3, 0.4) is 0 Å². The van der Waals surface area contributed by atoms with Gasteiger partial charge in [-0.15, -0.1) is 0 Å². The summed E-state index contributed by atoms with van der Waals surface area (Å²) in [7, 11) is 0. The summed E-state index contributed by atoms with van der Waals surface area (Å²) in [5.41, 5.74) is 3.58. The Kier molecular flexibility index (Phi) is 5.43. The molecule has 2 aromatic carbocycles. The van der Waals surface area contributed by atoms with Gasteiger partial charge in [0, 0.05) is 11.3 Å². The Balaban J connectivity index is 1.51. The van der Waals surface area contributed by atoms with Gasteiger partial charge in [-0.3, -0.25) is 4.79 Å². The molecule has 1 N–H and O–H groups in total. The van der Waals surface area contributed by atoms with Crippen molar-refractivity contribution in [1.29, 1.82) is 0 Å². The standard InChI is InChI=1S/C24H26FN3O3/c1-15-20(16(2)28(27-15)19-8-6-18(25)7-9-19)14-23(29)26-24(3,4)17-5-10-21-22(13-17)31-12-11-30-21/h5-10,13H,11-12,14H2,1-4H3,(H,26,29). The van der Waals surface area contributed by atoms with Crippen LogP contribution in [0.2, 0.25) is 0 Å². The Hall–Kier alpha value is -3.35. The summed E-state index contributed by atoms with van der Waals surface area (Å²) in [5.74, 6) is 1.01. The molecular formula is C24H26FN3O3. The first kappa shape index (κ1) is 20.9. The molecule has 1 aromatic heterocycles. The second-order valence-corrected chi connectivity index (χ2v) is 8.25. The van der Waals surface area contributed by atoms with Crippen molar-refractivity contribution in [3.05, 3.63) is 70.8 Å². The molecule has 7 heteroatoms. The van der Waals surface area contributed by atoms with Crippen molar-refractivity contribution in [2.75, 3.05) is 13.2 Å². The molecule has 2 heterocycles. The van der Waals surface area contributed by atoms with Gasteiger partial charge in [-0.05, 0) is 69.7 Å². The molecule has 4 rings (SSSR count). The van der Waals surface area contributed by atoms with Crippen molar-refractivity contribution in [3.8, 4) is 17.2 Å². The highest BCUT2D eigenvalue weighted by Crippen LogP contribution is 2.34. The minimum atomic E-state index is -0.596. The lowest BCUT2D eigenvalue weighted by Crippen LogP contribution is -2.42. The first-order valence-corrected chi connectivity index (χ1v) is 10.3. The third-order valence-corrected chi connectivity index (χ3v) is 5.57. The molecule has 3 aromatic rings. The number of halogens is 1. The third kappa shape index (κ3) is 4.26. The lowest BCUT2D eigenvalue weighted by Gasteiger charge is -2.29. The smallest absolute Gasteiger partial charge is 0.225 e. The second-order valence-electron chi connectivity index (χ2n) is 8.25. The Morgan fingerprint density at radius 1 is 1.10 bits per heavy atom. The van der Waals surface area contributed by atoms with E-state index in [9.17, 15) is 9.18 Å². The first-order valence-electron chi connectivity index (χ1n) is 10.3. The van der Waals surface area contributed by atoms with E-state index in [0.717, 1.165) is 34.0 Å². The summed E-state index contributed by atoms with van der Waals surface area (Å²) in [4.78, 5) is 12.9. The maximum absolute atomic E-state index is 13.3. The Morgan fingerprint density at radius 2 is 1.77 bits per heavy atom. The van der Waals surface area contributed by atoms with E-state index in [1.807, 2.05) is 45.9 Å². The molecule has 0 bridgehead atoms. The number of aromatic nitrogens is 2. The lowest BCUT2D eigenvalue weighted by atomic mass is 9.93. The van der Waals surface area contributed by atoms with E-state index in [1.54, 1.807) is 16.8 Å². The minimum absolute atomic E-state index is 0.107. The Bertz CT molecular complexity index is 1120. The summed E-state index contributed by atoms with van der Waals surface area (Å²) in [5, 5.41) is 7.67. The SMILES string of the molecule is Cc1nn(-c2ccc(F)cc2)c(C)c1CC(=O)NC(C)(C)c1ccc2c(c1)OCCO2. The van der Waals surface area contributed by atoms with Crippen molar-refractivity contribution in [1.82, 2.24) is 15.1 Å². The van der Waals surface area contributed by atoms with Crippen molar-refractivity contribution in [2.45, 2.75) is 39.7 Å². The van der Waals surface area contributed by atoms with Gasteiger partial charge < -0.3 is 14.8 Å². The molecule has 0 saturated carbocycles. The van der Waals surface area contributed by atoms with Gasteiger partial charge in [-0.1, -0.05) is 6.07 Å². The summed E-state index contributed by atoms with van der Waals surface area (Å²) < 4.78 is 26.2. The molecular weight excluding hydrogens is 397 g/mol. The number of amides is 1. The van der Waals surface area contributed by atoms with Crippen LogP contribution in [-0.2, 0) is 16.8 Å². The fourth-order valence-corrected chi connectivity index (χ4v) is 3.82. The number of rotatable bonds is 5. The highest BCUT2D eigenvalue weighted by molar-refractivity contribution is 5.80. The van der Waals surface area contributed by atoms with Crippen molar-refractivity contribution in [2.24, 2.45) is 0 Å². The van der Waals surface area contributed by atoms with E-state index < -0.39 is 5.54 Å². The molecule has 0 radical (unpaired) electrons.